The molecule has 108 valence electrons. The van der Waals surface area contributed by atoms with Crippen LogP contribution in [0.2, 0.25) is 0 Å². The first-order valence-corrected chi connectivity index (χ1v) is 8.79. The summed E-state index contributed by atoms with van der Waals surface area (Å²) in [6.07, 6.45) is 0.198. The number of nitrogens with zero attached hydrogens (tertiary/aromatic N) is 2. The second kappa shape index (κ2) is 7.11. The topological polar surface area (TPSA) is 38.0 Å². The molecular formula is C14H16Br2N2OS. The minimum atomic E-state index is -0.398. The monoisotopic (exact) mass is 418 g/mol. The Labute approximate surface area is 140 Å². The molecule has 0 aliphatic rings. The Morgan fingerprint density at radius 3 is 2.75 bits per heavy atom. The first-order chi connectivity index (χ1) is 9.47. The van der Waals surface area contributed by atoms with Crippen LogP contribution in [-0.2, 0) is 13.5 Å². The van der Waals surface area contributed by atoms with Gasteiger partial charge in [0.25, 0.3) is 0 Å². The second-order valence-electron chi connectivity index (χ2n) is 4.60. The van der Waals surface area contributed by atoms with Crippen molar-refractivity contribution in [3.8, 4) is 0 Å². The number of hydrogen-bond acceptors (Lipinski definition) is 3. The normalized spacial score (nSPS) is 12.7. The molecule has 1 heterocycles. The molecule has 0 bridgehead atoms. The van der Waals surface area contributed by atoms with Crippen LogP contribution < -0.4 is 0 Å². The van der Waals surface area contributed by atoms with Gasteiger partial charge in [-0.15, -0.1) is 11.8 Å². The first-order valence-electron chi connectivity index (χ1n) is 6.21. The minimum absolute atomic E-state index is 0.398. The largest absolute Gasteiger partial charge is 0.392 e. The number of aliphatic hydroxyl groups is 1. The number of aryl methyl sites for hydroxylation is 2. The van der Waals surface area contributed by atoms with E-state index in [1.165, 1.54) is 0 Å². The third kappa shape index (κ3) is 4.10. The van der Waals surface area contributed by atoms with Gasteiger partial charge in [-0.2, -0.15) is 5.10 Å². The zero-order valence-corrected chi connectivity index (χ0v) is 15.3. The lowest BCUT2D eigenvalue weighted by Crippen LogP contribution is -2.16. The van der Waals surface area contributed by atoms with E-state index in [9.17, 15) is 5.11 Å². The van der Waals surface area contributed by atoms with Crippen molar-refractivity contribution in [3.63, 3.8) is 0 Å². The van der Waals surface area contributed by atoms with Crippen molar-refractivity contribution in [3.05, 3.63) is 44.6 Å². The number of hydrogen-bond donors (Lipinski definition) is 1. The average Bonchev–Trinajstić information content (AvgIpc) is 2.63. The summed E-state index contributed by atoms with van der Waals surface area (Å²) in [4.78, 5) is 1.15. The summed E-state index contributed by atoms with van der Waals surface area (Å²) in [5.41, 5.74) is 1.99. The maximum atomic E-state index is 10.2. The van der Waals surface area contributed by atoms with Crippen LogP contribution in [0.5, 0.6) is 0 Å². The Morgan fingerprint density at radius 1 is 1.40 bits per heavy atom. The van der Waals surface area contributed by atoms with E-state index in [0.29, 0.717) is 12.2 Å². The van der Waals surface area contributed by atoms with Crippen molar-refractivity contribution < 1.29 is 5.11 Å². The van der Waals surface area contributed by atoms with Crippen LogP contribution in [0.4, 0.5) is 0 Å². The summed E-state index contributed by atoms with van der Waals surface area (Å²) < 4.78 is 3.88. The quantitative estimate of drug-likeness (QED) is 0.745. The SMILES string of the molecule is Cc1nn(C)c(CC(O)CSc2cccc(Br)c2)c1Br. The highest BCUT2D eigenvalue weighted by Crippen LogP contribution is 2.25. The lowest BCUT2D eigenvalue weighted by atomic mass is 10.2. The van der Waals surface area contributed by atoms with Gasteiger partial charge in [-0.25, -0.2) is 0 Å². The summed E-state index contributed by atoms with van der Waals surface area (Å²) in [5, 5.41) is 14.5. The molecule has 3 nitrogen and oxygen atoms in total. The first kappa shape index (κ1) is 16.1. The molecule has 1 N–H and O–H groups in total. The highest BCUT2D eigenvalue weighted by Gasteiger charge is 2.15. The van der Waals surface area contributed by atoms with E-state index >= 15 is 0 Å². The maximum Gasteiger partial charge on any atom is 0.0738 e. The number of aliphatic hydroxyl groups excluding tert-OH is 1. The van der Waals surface area contributed by atoms with Crippen molar-refractivity contribution in [2.24, 2.45) is 7.05 Å². The van der Waals surface area contributed by atoms with E-state index < -0.39 is 6.10 Å². The van der Waals surface area contributed by atoms with Gasteiger partial charge in [-0.3, -0.25) is 4.68 Å². The molecule has 0 saturated heterocycles. The Hall–Kier alpha value is -0.300. The van der Waals surface area contributed by atoms with Gasteiger partial charge in [0.1, 0.15) is 0 Å². The number of thioether (sulfide) groups is 1. The van der Waals surface area contributed by atoms with Gasteiger partial charge < -0.3 is 5.11 Å². The molecule has 1 aromatic heterocycles. The summed E-state index contributed by atoms with van der Waals surface area (Å²) in [6, 6.07) is 8.10. The molecule has 1 atom stereocenters. The van der Waals surface area contributed by atoms with Crippen molar-refractivity contribution in [1.29, 1.82) is 0 Å². The molecular weight excluding hydrogens is 404 g/mol. The predicted molar refractivity (Wildman–Crippen MR) is 90.2 cm³/mol. The minimum Gasteiger partial charge on any atom is -0.392 e. The van der Waals surface area contributed by atoms with Crippen molar-refractivity contribution in [2.75, 3.05) is 5.75 Å². The fourth-order valence-corrected chi connectivity index (χ4v) is 3.87. The molecule has 6 heteroatoms. The van der Waals surface area contributed by atoms with Crippen LogP contribution in [0.3, 0.4) is 0 Å². The number of aromatic nitrogens is 2. The van der Waals surface area contributed by atoms with E-state index in [1.807, 2.05) is 36.9 Å². The van der Waals surface area contributed by atoms with Crippen LogP contribution in [0, 0.1) is 6.92 Å². The molecule has 0 spiro atoms. The van der Waals surface area contributed by atoms with E-state index in [-0.39, 0.29) is 0 Å². The van der Waals surface area contributed by atoms with Crippen LogP contribution in [0.15, 0.2) is 38.1 Å². The molecule has 0 saturated carbocycles. The average molecular weight is 420 g/mol. The molecule has 0 aliphatic carbocycles. The van der Waals surface area contributed by atoms with Gasteiger partial charge >= 0.3 is 0 Å². The summed E-state index contributed by atoms with van der Waals surface area (Å²) in [6.45, 7) is 1.95. The summed E-state index contributed by atoms with van der Waals surface area (Å²) in [5.74, 6) is 0.660. The molecule has 20 heavy (non-hydrogen) atoms. The molecule has 2 aromatic rings. The van der Waals surface area contributed by atoms with Crippen molar-refractivity contribution in [1.82, 2.24) is 9.78 Å². The van der Waals surface area contributed by atoms with E-state index in [4.69, 9.17) is 0 Å². The number of benzene rings is 1. The van der Waals surface area contributed by atoms with Crippen LogP contribution in [0.25, 0.3) is 0 Å². The zero-order chi connectivity index (χ0) is 14.7. The van der Waals surface area contributed by atoms with Gasteiger partial charge in [-0.05, 0) is 41.1 Å². The van der Waals surface area contributed by atoms with Gasteiger partial charge in [0.15, 0.2) is 0 Å². The van der Waals surface area contributed by atoms with Gasteiger partial charge in [-0.1, -0.05) is 22.0 Å². The highest BCUT2D eigenvalue weighted by molar-refractivity contribution is 9.10. The Balaban J connectivity index is 1.94. The highest BCUT2D eigenvalue weighted by atomic mass is 79.9. The fourth-order valence-electron chi connectivity index (χ4n) is 1.93. The molecule has 1 aromatic carbocycles. The Kier molecular flexibility index (Phi) is 5.72. The van der Waals surface area contributed by atoms with Crippen molar-refractivity contribution >= 4 is 43.6 Å². The molecule has 0 radical (unpaired) electrons. The smallest absolute Gasteiger partial charge is 0.0738 e. The van der Waals surface area contributed by atoms with Gasteiger partial charge in [0.2, 0.25) is 0 Å². The molecule has 0 aliphatic heterocycles. The van der Waals surface area contributed by atoms with Crippen LogP contribution >= 0.6 is 43.6 Å². The zero-order valence-electron chi connectivity index (χ0n) is 11.3. The lowest BCUT2D eigenvalue weighted by molar-refractivity contribution is 0.197. The molecule has 1 unspecified atom stereocenters. The predicted octanol–water partition coefficient (Wildman–Crippen LogP) is 3.95. The summed E-state index contributed by atoms with van der Waals surface area (Å²) in [7, 11) is 1.90. The van der Waals surface area contributed by atoms with E-state index in [0.717, 1.165) is 25.2 Å². The lowest BCUT2D eigenvalue weighted by Gasteiger charge is -2.11. The van der Waals surface area contributed by atoms with Gasteiger partial charge in [0.05, 0.1) is 22.0 Å². The third-order valence-electron chi connectivity index (χ3n) is 2.93. The number of rotatable bonds is 5. The fraction of sp³-hybridized carbons (Fsp3) is 0.357. The van der Waals surface area contributed by atoms with E-state index in [1.54, 1.807) is 11.8 Å². The Bertz CT molecular complexity index is 601. The Morgan fingerprint density at radius 2 is 2.15 bits per heavy atom. The molecule has 0 amide bonds. The van der Waals surface area contributed by atoms with Gasteiger partial charge in [0, 0.05) is 28.6 Å². The van der Waals surface area contributed by atoms with Crippen LogP contribution in [0.1, 0.15) is 11.4 Å². The van der Waals surface area contributed by atoms with E-state index in [2.05, 4.69) is 43.0 Å². The van der Waals surface area contributed by atoms with Crippen LogP contribution in [-0.4, -0.2) is 26.7 Å². The maximum absolute atomic E-state index is 10.2. The summed E-state index contributed by atoms with van der Waals surface area (Å²) >= 11 is 8.63. The standard InChI is InChI=1S/C14H16Br2N2OS/c1-9-14(16)13(18(2)17-9)7-11(19)8-20-12-5-3-4-10(15)6-12/h3-6,11,19H,7-8H2,1-2H3. The number of halogens is 2. The molecule has 2 rings (SSSR count). The third-order valence-corrected chi connectivity index (χ3v) is 5.59. The molecule has 0 fully saturated rings. The van der Waals surface area contributed by atoms with Crippen molar-refractivity contribution in [2.45, 2.75) is 24.3 Å². The second-order valence-corrected chi connectivity index (χ2v) is 7.40.